The van der Waals surface area contributed by atoms with Crippen LogP contribution < -0.4 is 0 Å². The average Bonchev–Trinajstić information content (AvgIpc) is 3.25. The van der Waals surface area contributed by atoms with Crippen LogP contribution in [-0.2, 0) is 6.42 Å². The SMILES string of the molecule is N#CCCCCCCCCCCCCCC/C=C\CCCCCCc1ccc(C=O)[nH]1. The van der Waals surface area contributed by atoms with Crippen LogP contribution in [-0.4, -0.2) is 11.3 Å². The number of nitrogens with one attached hydrogen (secondary N) is 1. The number of carbonyl (C=O) groups excluding carboxylic acids is 1. The minimum atomic E-state index is 0.686. The van der Waals surface area contributed by atoms with Gasteiger partial charge in [-0.3, -0.25) is 4.79 Å². The van der Waals surface area contributed by atoms with E-state index in [0.717, 1.165) is 25.5 Å². The van der Waals surface area contributed by atoms with Crippen LogP contribution in [0.1, 0.15) is 138 Å². The molecule has 0 fully saturated rings. The number of allylic oxidation sites excluding steroid dienone is 2. The Hall–Kier alpha value is -1.82. The van der Waals surface area contributed by atoms with E-state index < -0.39 is 0 Å². The van der Waals surface area contributed by atoms with Gasteiger partial charge in [-0.15, -0.1) is 0 Å². The van der Waals surface area contributed by atoms with Crippen molar-refractivity contribution in [3.63, 3.8) is 0 Å². The fraction of sp³-hybridized carbons (Fsp3) is 0.714. The van der Waals surface area contributed by atoms with Crippen molar-refractivity contribution in [1.29, 1.82) is 5.26 Å². The van der Waals surface area contributed by atoms with Crippen molar-refractivity contribution in [1.82, 2.24) is 4.98 Å². The number of aromatic amines is 1. The molecule has 0 aliphatic rings. The van der Waals surface area contributed by atoms with Gasteiger partial charge in [-0.05, 0) is 57.1 Å². The first-order valence-corrected chi connectivity index (χ1v) is 13.0. The highest BCUT2D eigenvalue weighted by Gasteiger charge is 1.98. The maximum atomic E-state index is 10.6. The number of aryl methyl sites for hydroxylation is 1. The van der Waals surface area contributed by atoms with Crippen molar-refractivity contribution >= 4 is 6.29 Å². The standard InChI is InChI=1S/C28H46N2O/c29-25-21-19-17-15-13-11-9-7-5-3-1-2-4-6-8-10-12-14-16-18-20-22-27-23-24-28(26-31)30-27/h8,10,23-24,26,30H,1-7,9,11-22H2/b10-8-. The third-order valence-corrected chi connectivity index (χ3v) is 6.04. The van der Waals surface area contributed by atoms with Crippen molar-refractivity contribution in [2.45, 2.75) is 128 Å². The van der Waals surface area contributed by atoms with Gasteiger partial charge >= 0.3 is 0 Å². The first-order valence-electron chi connectivity index (χ1n) is 13.0. The zero-order valence-corrected chi connectivity index (χ0v) is 19.9. The molecule has 1 heterocycles. The Bertz CT molecular complexity index is 596. The molecule has 3 heteroatoms. The van der Waals surface area contributed by atoms with E-state index in [1.54, 1.807) is 0 Å². The van der Waals surface area contributed by atoms with Gasteiger partial charge in [0.1, 0.15) is 0 Å². The summed E-state index contributed by atoms with van der Waals surface area (Å²) in [6.07, 6.45) is 31.1. The van der Waals surface area contributed by atoms with Crippen LogP contribution in [0, 0.1) is 11.3 Å². The lowest BCUT2D eigenvalue weighted by molar-refractivity contribution is 0.111. The topological polar surface area (TPSA) is 56.6 Å². The van der Waals surface area contributed by atoms with Gasteiger partial charge in [0.25, 0.3) is 0 Å². The molecule has 0 spiro atoms. The normalized spacial score (nSPS) is 11.2. The average molecular weight is 427 g/mol. The van der Waals surface area contributed by atoms with Crippen molar-refractivity contribution in [2.75, 3.05) is 0 Å². The van der Waals surface area contributed by atoms with Crippen LogP contribution in [0.2, 0.25) is 0 Å². The van der Waals surface area contributed by atoms with Crippen LogP contribution in [0.5, 0.6) is 0 Å². The molecule has 0 unspecified atom stereocenters. The minimum Gasteiger partial charge on any atom is -0.356 e. The maximum absolute atomic E-state index is 10.6. The molecule has 0 aliphatic carbocycles. The molecule has 0 atom stereocenters. The lowest BCUT2D eigenvalue weighted by atomic mass is 10.0. The number of hydrogen-bond acceptors (Lipinski definition) is 2. The fourth-order valence-electron chi connectivity index (χ4n) is 4.07. The van der Waals surface area contributed by atoms with E-state index in [9.17, 15) is 4.79 Å². The Morgan fingerprint density at radius 1 is 0.677 bits per heavy atom. The number of hydrogen-bond donors (Lipinski definition) is 1. The van der Waals surface area contributed by atoms with Gasteiger partial charge in [0.15, 0.2) is 6.29 Å². The molecule has 0 bridgehead atoms. The van der Waals surface area contributed by atoms with E-state index in [0.29, 0.717) is 5.69 Å². The Morgan fingerprint density at radius 3 is 1.65 bits per heavy atom. The molecule has 1 rings (SSSR count). The molecular formula is C28H46N2O. The first-order chi connectivity index (χ1) is 15.4. The molecular weight excluding hydrogens is 380 g/mol. The van der Waals surface area contributed by atoms with Crippen molar-refractivity contribution in [3.05, 3.63) is 35.7 Å². The summed E-state index contributed by atoms with van der Waals surface area (Å²) >= 11 is 0. The van der Waals surface area contributed by atoms with Crippen LogP contribution in [0.4, 0.5) is 0 Å². The molecule has 0 saturated carbocycles. The second-order valence-electron chi connectivity index (χ2n) is 8.92. The second-order valence-corrected chi connectivity index (χ2v) is 8.92. The highest BCUT2D eigenvalue weighted by atomic mass is 16.1. The molecule has 1 aromatic heterocycles. The number of H-pyrrole nitrogens is 1. The second kappa shape index (κ2) is 21.4. The summed E-state index contributed by atoms with van der Waals surface area (Å²) in [7, 11) is 0. The fourth-order valence-corrected chi connectivity index (χ4v) is 4.07. The summed E-state index contributed by atoms with van der Waals surface area (Å²) in [6.45, 7) is 0. The van der Waals surface area contributed by atoms with Crippen LogP contribution in [0.25, 0.3) is 0 Å². The number of rotatable bonds is 22. The molecule has 0 aliphatic heterocycles. The summed E-state index contributed by atoms with van der Waals surface area (Å²) in [5, 5.41) is 8.50. The number of aromatic nitrogens is 1. The predicted molar refractivity (Wildman–Crippen MR) is 132 cm³/mol. The summed E-state index contributed by atoms with van der Waals surface area (Å²) in [6, 6.07) is 6.11. The number of nitriles is 1. The summed E-state index contributed by atoms with van der Waals surface area (Å²) in [4.78, 5) is 13.8. The molecule has 1 aromatic rings. The van der Waals surface area contributed by atoms with E-state index in [4.69, 9.17) is 5.26 Å². The summed E-state index contributed by atoms with van der Waals surface area (Å²) < 4.78 is 0. The number of unbranched alkanes of at least 4 members (excludes halogenated alkanes) is 17. The van der Waals surface area contributed by atoms with Gasteiger partial charge in [-0.1, -0.05) is 89.2 Å². The highest BCUT2D eigenvalue weighted by Crippen LogP contribution is 2.13. The Balaban J connectivity index is 1.73. The largest absolute Gasteiger partial charge is 0.356 e. The van der Waals surface area contributed by atoms with Crippen LogP contribution >= 0.6 is 0 Å². The Labute approximate surface area is 191 Å². The maximum Gasteiger partial charge on any atom is 0.166 e. The van der Waals surface area contributed by atoms with E-state index >= 15 is 0 Å². The summed E-state index contributed by atoms with van der Waals surface area (Å²) in [5.41, 5.74) is 1.87. The van der Waals surface area contributed by atoms with Gasteiger partial charge in [-0.25, -0.2) is 0 Å². The van der Waals surface area contributed by atoms with E-state index in [1.165, 1.54) is 115 Å². The molecule has 31 heavy (non-hydrogen) atoms. The van der Waals surface area contributed by atoms with Gasteiger partial charge in [-0.2, -0.15) is 5.26 Å². The molecule has 3 nitrogen and oxygen atoms in total. The highest BCUT2D eigenvalue weighted by molar-refractivity contribution is 5.71. The zero-order chi connectivity index (χ0) is 22.2. The third kappa shape index (κ3) is 17.5. The number of aldehydes is 1. The van der Waals surface area contributed by atoms with Crippen molar-refractivity contribution in [2.24, 2.45) is 0 Å². The lowest BCUT2D eigenvalue weighted by Gasteiger charge is -2.02. The lowest BCUT2D eigenvalue weighted by Crippen LogP contribution is -1.87. The molecule has 0 aromatic carbocycles. The molecule has 1 N–H and O–H groups in total. The minimum absolute atomic E-state index is 0.686. The first kappa shape index (κ1) is 27.2. The molecule has 0 saturated heterocycles. The monoisotopic (exact) mass is 426 g/mol. The molecule has 0 amide bonds. The van der Waals surface area contributed by atoms with Gasteiger partial charge in [0.05, 0.1) is 11.8 Å². The Kier molecular flexibility index (Phi) is 18.8. The van der Waals surface area contributed by atoms with Gasteiger partial charge < -0.3 is 4.98 Å². The molecule has 174 valence electrons. The zero-order valence-electron chi connectivity index (χ0n) is 19.9. The smallest absolute Gasteiger partial charge is 0.166 e. The molecule has 0 radical (unpaired) electrons. The third-order valence-electron chi connectivity index (χ3n) is 6.04. The Morgan fingerprint density at radius 2 is 1.16 bits per heavy atom. The van der Waals surface area contributed by atoms with Crippen LogP contribution in [0.3, 0.4) is 0 Å². The van der Waals surface area contributed by atoms with Crippen LogP contribution in [0.15, 0.2) is 24.3 Å². The van der Waals surface area contributed by atoms with E-state index in [-0.39, 0.29) is 0 Å². The predicted octanol–water partition coefficient (Wildman–Crippen LogP) is 8.86. The number of carbonyl (C=O) groups is 1. The quantitative estimate of drug-likeness (QED) is 0.114. The summed E-state index contributed by atoms with van der Waals surface area (Å²) in [5.74, 6) is 0. The number of nitrogens with zero attached hydrogens (tertiary/aromatic N) is 1. The van der Waals surface area contributed by atoms with E-state index in [2.05, 4.69) is 23.2 Å². The van der Waals surface area contributed by atoms with Crippen molar-refractivity contribution in [3.8, 4) is 6.07 Å². The van der Waals surface area contributed by atoms with Crippen molar-refractivity contribution < 1.29 is 4.79 Å². The van der Waals surface area contributed by atoms with Gasteiger partial charge in [0, 0.05) is 12.1 Å². The van der Waals surface area contributed by atoms with Gasteiger partial charge in [0.2, 0.25) is 0 Å². The van der Waals surface area contributed by atoms with E-state index in [1.807, 2.05) is 12.1 Å².